The van der Waals surface area contributed by atoms with Crippen LogP contribution >= 0.6 is 0 Å². The summed E-state index contributed by atoms with van der Waals surface area (Å²) in [5.74, 6) is 0. The zero-order valence-corrected chi connectivity index (χ0v) is 11.4. The lowest BCUT2D eigenvalue weighted by Gasteiger charge is -1.98. The molecule has 5 rings (SSSR count). The topological polar surface area (TPSA) is 8.51 Å². The Balaban J connectivity index is 2.11. The van der Waals surface area contributed by atoms with Crippen molar-refractivity contribution in [2.45, 2.75) is 0 Å². The third kappa shape index (κ3) is 1.39. The first-order chi connectivity index (χ1) is 10.4. The molecule has 3 heterocycles. The van der Waals surface area contributed by atoms with Gasteiger partial charge in [-0.2, -0.15) is 8.80 Å². The van der Waals surface area contributed by atoms with E-state index in [4.69, 9.17) is 0 Å². The Morgan fingerprint density at radius 1 is 0.667 bits per heavy atom. The second-order valence-corrected chi connectivity index (χ2v) is 5.40. The van der Waals surface area contributed by atoms with Crippen LogP contribution in [0.2, 0.25) is 0 Å². The second kappa shape index (κ2) is 3.83. The number of pyridine rings is 2. The highest BCUT2D eigenvalue weighted by molar-refractivity contribution is 5.85. The average Bonchev–Trinajstić information content (AvgIpc) is 2.94. The second-order valence-electron chi connectivity index (χ2n) is 5.40. The molecule has 3 aromatic heterocycles. The van der Waals surface area contributed by atoms with Gasteiger partial charge in [-0.15, -0.1) is 0 Å². The number of hydrogen-bond donors (Lipinski definition) is 0. The molecule has 0 amide bonds. The lowest BCUT2D eigenvalue weighted by atomic mass is 10.2. The van der Waals surface area contributed by atoms with E-state index in [0.717, 1.165) is 0 Å². The highest BCUT2D eigenvalue weighted by atomic mass is 15.1. The van der Waals surface area contributed by atoms with Gasteiger partial charge in [0.05, 0.1) is 0 Å². The minimum atomic E-state index is 1.19. The first-order valence-electron chi connectivity index (χ1n) is 7.14. The van der Waals surface area contributed by atoms with Crippen molar-refractivity contribution in [2.24, 2.45) is 0 Å². The Bertz CT molecular complexity index is 1140. The van der Waals surface area contributed by atoms with Crippen LogP contribution in [0.4, 0.5) is 0 Å². The molecule has 98 valence electrons. The maximum Gasteiger partial charge on any atom is 0.292 e. The third-order valence-electron chi connectivity index (χ3n) is 4.22. The molecule has 2 heteroatoms. The number of benzene rings is 2. The lowest BCUT2D eigenvalue weighted by molar-refractivity contribution is -0.479. The number of hydrogen-bond acceptors (Lipinski definition) is 0. The van der Waals surface area contributed by atoms with Gasteiger partial charge in [-0.3, -0.25) is 0 Å². The van der Waals surface area contributed by atoms with E-state index >= 15 is 0 Å². The van der Waals surface area contributed by atoms with Gasteiger partial charge < -0.3 is 0 Å². The van der Waals surface area contributed by atoms with E-state index < -0.39 is 0 Å². The van der Waals surface area contributed by atoms with Crippen LogP contribution in [0.5, 0.6) is 0 Å². The zero-order valence-electron chi connectivity index (χ0n) is 11.4. The monoisotopic (exact) mass is 269 g/mol. The molecule has 2 nitrogen and oxygen atoms in total. The molecule has 0 saturated heterocycles. The molecule has 0 aliphatic heterocycles. The van der Waals surface area contributed by atoms with Crippen molar-refractivity contribution in [3.8, 4) is 0 Å². The van der Waals surface area contributed by atoms with Crippen LogP contribution in [0.25, 0.3) is 33.0 Å². The smallest absolute Gasteiger partial charge is 0.194 e. The number of para-hydroxylation sites is 2. The molecule has 0 radical (unpaired) electrons. The fraction of sp³-hybridized carbons (Fsp3) is 0. The van der Waals surface area contributed by atoms with Gasteiger partial charge in [0, 0.05) is 16.8 Å². The standard InChI is InChI=1S/C19H13N2/c1-3-7-17-14(5-1)10-12-19-20(17)13-16-11-9-15-6-2-4-8-18(15)21(16)19/h1-13H/q+1. The summed E-state index contributed by atoms with van der Waals surface area (Å²) in [6, 6.07) is 25.8. The van der Waals surface area contributed by atoms with Crippen molar-refractivity contribution >= 4 is 33.0 Å². The Labute approximate surface area is 121 Å². The number of nitrogens with zero attached hydrogens (tertiary/aromatic N) is 2. The van der Waals surface area contributed by atoms with Gasteiger partial charge in [0.1, 0.15) is 17.2 Å². The van der Waals surface area contributed by atoms with Crippen LogP contribution in [0.15, 0.2) is 79.0 Å². The van der Waals surface area contributed by atoms with Crippen molar-refractivity contribution in [2.75, 3.05) is 0 Å². The van der Waals surface area contributed by atoms with Crippen LogP contribution in [0.3, 0.4) is 0 Å². The van der Waals surface area contributed by atoms with Crippen LogP contribution in [0, 0.1) is 0 Å². The number of rotatable bonds is 0. The van der Waals surface area contributed by atoms with Gasteiger partial charge in [-0.05, 0) is 30.3 Å². The van der Waals surface area contributed by atoms with Crippen molar-refractivity contribution in [3.05, 3.63) is 79.0 Å². The molecule has 0 aliphatic carbocycles. The van der Waals surface area contributed by atoms with E-state index in [2.05, 4.69) is 87.8 Å². The van der Waals surface area contributed by atoms with Crippen molar-refractivity contribution in [3.63, 3.8) is 0 Å². The molecule has 0 saturated carbocycles. The highest BCUT2D eigenvalue weighted by Gasteiger charge is 2.15. The van der Waals surface area contributed by atoms with Crippen LogP contribution in [-0.2, 0) is 0 Å². The zero-order chi connectivity index (χ0) is 13.8. The molecule has 2 aromatic carbocycles. The van der Waals surface area contributed by atoms with Gasteiger partial charge in [0.15, 0.2) is 5.52 Å². The Morgan fingerprint density at radius 3 is 2.38 bits per heavy atom. The summed E-state index contributed by atoms with van der Waals surface area (Å²) in [5, 5.41) is 2.52. The average molecular weight is 269 g/mol. The number of aromatic nitrogens is 2. The summed E-state index contributed by atoms with van der Waals surface area (Å²) in [6.45, 7) is 0. The molecular formula is C19H13N2+. The summed E-state index contributed by atoms with van der Waals surface area (Å²) in [7, 11) is 0. The van der Waals surface area contributed by atoms with E-state index in [-0.39, 0.29) is 0 Å². The largest absolute Gasteiger partial charge is 0.292 e. The highest BCUT2D eigenvalue weighted by Crippen LogP contribution is 2.20. The van der Waals surface area contributed by atoms with E-state index in [1.165, 1.54) is 33.0 Å². The predicted molar refractivity (Wildman–Crippen MR) is 85.6 cm³/mol. The van der Waals surface area contributed by atoms with Gasteiger partial charge in [0.2, 0.25) is 0 Å². The molecule has 0 fully saturated rings. The Morgan fingerprint density at radius 2 is 1.43 bits per heavy atom. The molecule has 5 aromatic rings. The summed E-state index contributed by atoms with van der Waals surface area (Å²) < 4.78 is 4.60. The fourth-order valence-corrected chi connectivity index (χ4v) is 3.24. The van der Waals surface area contributed by atoms with Crippen LogP contribution in [-0.4, -0.2) is 4.40 Å². The quantitative estimate of drug-likeness (QED) is 0.376. The molecule has 21 heavy (non-hydrogen) atoms. The summed E-state index contributed by atoms with van der Waals surface area (Å²) in [5.41, 5.74) is 4.89. The predicted octanol–water partition coefficient (Wildman–Crippen LogP) is 3.98. The van der Waals surface area contributed by atoms with Crippen molar-refractivity contribution in [1.82, 2.24) is 4.40 Å². The first kappa shape index (κ1) is 10.9. The molecule has 0 N–H and O–H groups in total. The van der Waals surface area contributed by atoms with Crippen LogP contribution < -0.4 is 4.40 Å². The van der Waals surface area contributed by atoms with E-state index in [1.54, 1.807) is 0 Å². The van der Waals surface area contributed by atoms with Crippen LogP contribution in [0.1, 0.15) is 0 Å². The molecule has 0 aliphatic rings. The Hall–Kier alpha value is -2.87. The third-order valence-corrected chi connectivity index (χ3v) is 4.22. The van der Waals surface area contributed by atoms with E-state index in [9.17, 15) is 0 Å². The minimum absolute atomic E-state index is 1.19. The van der Waals surface area contributed by atoms with E-state index in [0.29, 0.717) is 0 Å². The summed E-state index contributed by atoms with van der Waals surface area (Å²) in [4.78, 5) is 0. The molecule has 0 spiro atoms. The first-order valence-corrected chi connectivity index (χ1v) is 7.14. The minimum Gasteiger partial charge on any atom is -0.194 e. The van der Waals surface area contributed by atoms with Gasteiger partial charge in [0.25, 0.3) is 5.65 Å². The van der Waals surface area contributed by atoms with Crippen molar-refractivity contribution in [1.29, 1.82) is 0 Å². The van der Waals surface area contributed by atoms with Gasteiger partial charge in [-0.1, -0.05) is 36.4 Å². The van der Waals surface area contributed by atoms with E-state index in [1.807, 2.05) is 0 Å². The van der Waals surface area contributed by atoms with Gasteiger partial charge >= 0.3 is 0 Å². The normalized spacial score (nSPS) is 11.8. The van der Waals surface area contributed by atoms with Gasteiger partial charge in [-0.25, -0.2) is 0 Å². The fourth-order valence-electron chi connectivity index (χ4n) is 3.24. The molecule has 0 atom stereocenters. The Kier molecular flexibility index (Phi) is 1.98. The maximum absolute atomic E-state index is 2.32. The summed E-state index contributed by atoms with van der Waals surface area (Å²) >= 11 is 0. The summed E-state index contributed by atoms with van der Waals surface area (Å²) in [6.07, 6.45) is 2.21. The maximum atomic E-state index is 2.32. The molecular weight excluding hydrogens is 256 g/mol. The molecule has 0 unspecified atom stereocenters. The number of imidazole rings is 1. The molecule has 0 bridgehead atoms. The SMILES string of the molecule is c1ccc2c(c1)ccc1c[n+]3c4ccccc4ccc3n12. The number of fused-ring (bicyclic) bond motifs is 7. The van der Waals surface area contributed by atoms with Crippen molar-refractivity contribution < 1.29 is 4.40 Å². The lowest BCUT2D eigenvalue weighted by Crippen LogP contribution is -2.19.